The highest BCUT2D eigenvalue weighted by atomic mass is 32.1. The van der Waals surface area contributed by atoms with Gasteiger partial charge in [0.25, 0.3) is 0 Å². The number of aromatic nitrogens is 1. The van der Waals surface area contributed by atoms with Gasteiger partial charge in [-0.3, -0.25) is 9.69 Å². The molecule has 7 nitrogen and oxygen atoms in total. The first-order valence-corrected chi connectivity index (χ1v) is 11.5. The number of nitrogens with two attached hydrogens (primary N) is 1. The summed E-state index contributed by atoms with van der Waals surface area (Å²) >= 11 is 1.61. The van der Waals surface area contributed by atoms with E-state index in [4.69, 9.17) is 5.73 Å². The van der Waals surface area contributed by atoms with Crippen molar-refractivity contribution < 1.29 is 15.0 Å². The van der Waals surface area contributed by atoms with Crippen LogP contribution >= 0.6 is 11.3 Å². The number of carbonyl (C=O) groups is 1. The molecule has 1 saturated heterocycles. The Hall–Kier alpha value is -1.84. The molecule has 170 valence electrons. The molecule has 1 aliphatic rings. The van der Waals surface area contributed by atoms with Crippen LogP contribution in [0.1, 0.15) is 51.4 Å². The predicted molar refractivity (Wildman–Crippen MR) is 123 cm³/mol. The zero-order chi connectivity index (χ0) is 22.9. The number of benzene rings is 1. The van der Waals surface area contributed by atoms with Crippen molar-refractivity contribution >= 4 is 17.2 Å². The lowest BCUT2D eigenvalue weighted by Gasteiger charge is -2.38. The Bertz CT molecular complexity index is 893. The smallest absolute Gasteiger partial charge is 0.238 e. The average molecular weight is 447 g/mol. The Labute approximate surface area is 188 Å². The topological polar surface area (TPSA) is 112 Å². The number of aryl methyl sites for hydroxylation is 1. The summed E-state index contributed by atoms with van der Waals surface area (Å²) in [5, 5.41) is 24.0. The van der Waals surface area contributed by atoms with Gasteiger partial charge >= 0.3 is 0 Å². The number of aliphatic hydroxyl groups is 2. The number of rotatable bonds is 6. The van der Waals surface area contributed by atoms with Gasteiger partial charge in [0, 0.05) is 12.6 Å². The minimum absolute atomic E-state index is 0.211. The molecular weight excluding hydrogens is 412 g/mol. The molecule has 1 aliphatic heterocycles. The number of hydrogen-bond donors (Lipinski definition) is 4. The van der Waals surface area contributed by atoms with Crippen molar-refractivity contribution in [2.75, 3.05) is 6.54 Å². The van der Waals surface area contributed by atoms with Crippen molar-refractivity contribution in [3.63, 3.8) is 0 Å². The molecule has 1 amide bonds. The summed E-state index contributed by atoms with van der Waals surface area (Å²) in [6.07, 6.45) is -1.41. The summed E-state index contributed by atoms with van der Waals surface area (Å²) in [6, 6.07) is 6.70. The first kappa shape index (κ1) is 23.8. The van der Waals surface area contributed by atoms with E-state index in [1.165, 1.54) is 0 Å². The summed E-state index contributed by atoms with van der Waals surface area (Å²) in [4.78, 5) is 20.1. The van der Waals surface area contributed by atoms with Gasteiger partial charge in [-0.1, -0.05) is 45.0 Å². The highest BCUT2D eigenvalue weighted by Crippen LogP contribution is 2.29. The van der Waals surface area contributed by atoms with E-state index < -0.39 is 24.4 Å². The minimum Gasteiger partial charge on any atom is -0.392 e. The van der Waals surface area contributed by atoms with E-state index in [0.29, 0.717) is 0 Å². The fraction of sp³-hybridized carbons (Fsp3) is 0.565. The number of carbonyl (C=O) groups excluding carboxylic acids is 1. The summed E-state index contributed by atoms with van der Waals surface area (Å²) in [5.74, 6) is -0.216. The Morgan fingerprint density at radius 2 is 1.97 bits per heavy atom. The number of nitrogens with one attached hydrogen (secondary N) is 1. The predicted octanol–water partition coefficient (Wildman–Crippen LogP) is 2.42. The van der Waals surface area contributed by atoms with E-state index in [-0.39, 0.29) is 30.3 Å². The number of β-amino-alcohol motifs (C(OH)–C–C–N with tert-alkyl or cyclic N) is 1. The van der Waals surface area contributed by atoms with Crippen LogP contribution in [0.25, 0.3) is 10.4 Å². The van der Waals surface area contributed by atoms with Crippen LogP contribution < -0.4 is 11.1 Å². The maximum Gasteiger partial charge on any atom is 0.238 e. The summed E-state index contributed by atoms with van der Waals surface area (Å²) in [5.41, 5.74) is 10.8. The second-order valence-corrected chi connectivity index (χ2v) is 10.4. The standard InChI is InChI=1S/C23H34N4O3S/c1-13(15-6-8-16(9-7-15)19-14(2)25-12-31-19)26-21(29)18-10-17(28)11-27(18)22(30)20(24)23(3,4)5/h6-9,12-13,17-18,20,22,28,30H,10-11,24H2,1-5H3,(H,26,29)/t13-,17+,18-,20+,22?/m0/s1. The number of likely N-dealkylation sites (tertiary alicyclic amines) is 1. The van der Waals surface area contributed by atoms with Gasteiger partial charge in [-0.15, -0.1) is 11.3 Å². The maximum atomic E-state index is 13.0. The first-order chi connectivity index (χ1) is 14.5. The van der Waals surface area contributed by atoms with Crippen molar-refractivity contribution in [2.45, 2.75) is 71.5 Å². The number of thiazole rings is 1. The van der Waals surface area contributed by atoms with Gasteiger partial charge < -0.3 is 21.3 Å². The van der Waals surface area contributed by atoms with Gasteiger partial charge in [0.1, 0.15) is 6.23 Å². The van der Waals surface area contributed by atoms with Gasteiger partial charge in [-0.05, 0) is 36.8 Å². The summed E-state index contributed by atoms with van der Waals surface area (Å²) in [6.45, 7) is 9.98. The fourth-order valence-corrected chi connectivity index (χ4v) is 4.75. The van der Waals surface area contributed by atoms with Crippen LogP contribution in [0, 0.1) is 12.3 Å². The number of hydrogen-bond acceptors (Lipinski definition) is 7. The number of nitrogens with zero attached hydrogens (tertiary/aromatic N) is 2. The fourth-order valence-electron chi connectivity index (χ4n) is 3.94. The monoisotopic (exact) mass is 446 g/mol. The second-order valence-electron chi connectivity index (χ2n) is 9.53. The summed E-state index contributed by atoms with van der Waals surface area (Å²) < 4.78 is 0. The molecular formula is C23H34N4O3S. The SMILES string of the molecule is Cc1ncsc1-c1ccc([C@H](C)NC(=O)[C@@H]2C[C@@H](O)CN2C(O)[C@@H](N)C(C)(C)C)cc1. The van der Waals surface area contributed by atoms with Crippen LogP contribution in [0.2, 0.25) is 0 Å². The third-order valence-corrected chi connectivity index (χ3v) is 7.04. The zero-order valence-electron chi connectivity index (χ0n) is 18.9. The van der Waals surface area contributed by atoms with Gasteiger partial charge in [0.05, 0.1) is 34.3 Å². The van der Waals surface area contributed by atoms with E-state index in [2.05, 4.69) is 10.3 Å². The van der Waals surface area contributed by atoms with Gasteiger partial charge in [-0.25, -0.2) is 4.98 Å². The first-order valence-electron chi connectivity index (χ1n) is 10.7. The maximum absolute atomic E-state index is 13.0. The highest BCUT2D eigenvalue weighted by Gasteiger charge is 2.43. The Kier molecular flexibility index (Phi) is 7.18. The molecule has 0 spiro atoms. The van der Waals surface area contributed by atoms with Crippen molar-refractivity contribution in [1.82, 2.24) is 15.2 Å². The molecule has 1 aromatic heterocycles. The van der Waals surface area contributed by atoms with Crippen molar-refractivity contribution in [3.8, 4) is 10.4 Å². The van der Waals surface area contributed by atoms with Crippen molar-refractivity contribution in [2.24, 2.45) is 11.1 Å². The zero-order valence-corrected chi connectivity index (χ0v) is 19.7. The molecule has 5 N–H and O–H groups in total. The van der Waals surface area contributed by atoms with E-state index in [1.807, 2.05) is 64.4 Å². The molecule has 5 atom stereocenters. The van der Waals surface area contributed by atoms with Crippen LogP contribution in [0.15, 0.2) is 29.8 Å². The van der Waals surface area contributed by atoms with E-state index in [0.717, 1.165) is 21.7 Å². The molecule has 0 aliphatic carbocycles. The molecule has 8 heteroatoms. The van der Waals surface area contributed by atoms with E-state index >= 15 is 0 Å². The Balaban J connectivity index is 1.68. The van der Waals surface area contributed by atoms with Gasteiger partial charge in [0.15, 0.2) is 0 Å². The lowest BCUT2D eigenvalue weighted by atomic mass is 9.86. The van der Waals surface area contributed by atoms with E-state index in [1.54, 1.807) is 16.2 Å². The third-order valence-electron chi connectivity index (χ3n) is 6.06. The highest BCUT2D eigenvalue weighted by molar-refractivity contribution is 7.13. The van der Waals surface area contributed by atoms with Crippen LogP contribution in [-0.4, -0.2) is 57.0 Å². The molecule has 2 heterocycles. The van der Waals surface area contributed by atoms with Gasteiger partial charge in [-0.2, -0.15) is 0 Å². The quantitative estimate of drug-likeness (QED) is 0.542. The number of aliphatic hydroxyl groups excluding tert-OH is 2. The average Bonchev–Trinajstić information content (AvgIpc) is 3.31. The molecule has 2 aromatic rings. The van der Waals surface area contributed by atoms with E-state index in [9.17, 15) is 15.0 Å². The molecule has 0 bridgehead atoms. The minimum atomic E-state index is -1.01. The van der Waals surface area contributed by atoms with Gasteiger partial charge in [0.2, 0.25) is 5.91 Å². The van der Waals surface area contributed by atoms with Crippen LogP contribution in [0.3, 0.4) is 0 Å². The molecule has 31 heavy (non-hydrogen) atoms. The van der Waals surface area contributed by atoms with Crippen molar-refractivity contribution in [1.29, 1.82) is 0 Å². The largest absolute Gasteiger partial charge is 0.392 e. The molecule has 1 unspecified atom stereocenters. The lowest BCUT2D eigenvalue weighted by Crippen LogP contribution is -2.57. The normalized spacial score (nSPS) is 22.8. The second kappa shape index (κ2) is 9.34. The van der Waals surface area contributed by atoms with Crippen LogP contribution in [-0.2, 0) is 4.79 Å². The third kappa shape index (κ3) is 5.32. The Morgan fingerprint density at radius 1 is 1.32 bits per heavy atom. The summed E-state index contributed by atoms with van der Waals surface area (Å²) in [7, 11) is 0. The van der Waals surface area contributed by atoms with Crippen molar-refractivity contribution in [3.05, 3.63) is 41.0 Å². The molecule has 0 saturated carbocycles. The Morgan fingerprint density at radius 3 is 2.52 bits per heavy atom. The molecule has 3 rings (SSSR count). The molecule has 0 radical (unpaired) electrons. The molecule has 1 aromatic carbocycles. The number of amides is 1. The van der Waals surface area contributed by atoms with Crippen LogP contribution in [0.4, 0.5) is 0 Å². The lowest BCUT2D eigenvalue weighted by molar-refractivity contribution is -0.132. The molecule has 1 fully saturated rings. The van der Waals surface area contributed by atoms with Crippen LogP contribution in [0.5, 0.6) is 0 Å².